The lowest BCUT2D eigenvalue weighted by molar-refractivity contribution is 0.0940. The van der Waals surface area contributed by atoms with Crippen molar-refractivity contribution in [1.82, 2.24) is 28.6 Å². The van der Waals surface area contributed by atoms with Gasteiger partial charge in [-0.3, -0.25) is 9.48 Å². The van der Waals surface area contributed by atoms with Crippen LogP contribution in [0.5, 0.6) is 0 Å². The van der Waals surface area contributed by atoms with E-state index in [2.05, 4.69) is 15.3 Å². The molecule has 2 aliphatic heterocycles. The van der Waals surface area contributed by atoms with Gasteiger partial charge in [0.2, 0.25) is 0 Å². The van der Waals surface area contributed by atoms with Crippen LogP contribution in [0, 0.1) is 12.8 Å². The Morgan fingerprint density at radius 3 is 2.26 bits per heavy atom. The first kappa shape index (κ1) is 20.2. The molecule has 1 N–H and O–H groups in total. The predicted octanol–water partition coefficient (Wildman–Crippen LogP) is -0.337. The van der Waals surface area contributed by atoms with Gasteiger partial charge in [-0.1, -0.05) is 0 Å². The molecule has 9 nitrogen and oxygen atoms in total. The Balaban J connectivity index is 1.47. The smallest absolute Gasteiger partial charge is 0.282 e. The number of carbonyl (C=O) groups is 1. The highest BCUT2D eigenvalue weighted by atomic mass is 32.2. The molecule has 1 amide bonds. The van der Waals surface area contributed by atoms with Crippen molar-refractivity contribution in [1.29, 1.82) is 0 Å². The molecule has 0 atom stereocenters. The van der Waals surface area contributed by atoms with Gasteiger partial charge in [0, 0.05) is 59.1 Å². The molecule has 27 heavy (non-hydrogen) atoms. The van der Waals surface area contributed by atoms with Crippen LogP contribution in [0.2, 0.25) is 0 Å². The second-order valence-corrected chi connectivity index (χ2v) is 9.49. The standard InChI is InChI=1S/C17H30N6O3S/c1-14-16(13-21(3)19-14)17(24)18-12-15-4-6-22(7-5-15)27(25,26)23-10-8-20(2)9-11-23/h13,15H,4-12H2,1-3H3,(H,18,24). The molecule has 3 rings (SSSR count). The maximum Gasteiger partial charge on any atom is 0.282 e. The molecule has 1 aromatic heterocycles. The van der Waals surface area contributed by atoms with E-state index in [1.807, 2.05) is 14.0 Å². The summed E-state index contributed by atoms with van der Waals surface area (Å²) < 4.78 is 30.4. The highest BCUT2D eigenvalue weighted by Gasteiger charge is 2.34. The van der Waals surface area contributed by atoms with Crippen molar-refractivity contribution in [2.75, 3.05) is 52.9 Å². The Morgan fingerprint density at radius 1 is 1.11 bits per heavy atom. The molecule has 2 saturated heterocycles. The molecule has 0 aliphatic carbocycles. The minimum atomic E-state index is -3.37. The molecule has 0 radical (unpaired) electrons. The van der Waals surface area contributed by atoms with Gasteiger partial charge in [0.15, 0.2) is 0 Å². The third-order valence-electron chi connectivity index (χ3n) is 5.50. The van der Waals surface area contributed by atoms with Gasteiger partial charge >= 0.3 is 0 Å². The average Bonchev–Trinajstić information content (AvgIpc) is 2.99. The number of aromatic nitrogens is 2. The van der Waals surface area contributed by atoms with Crippen molar-refractivity contribution >= 4 is 16.1 Å². The zero-order valence-electron chi connectivity index (χ0n) is 16.4. The zero-order chi connectivity index (χ0) is 19.6. The summed E-state index contributed by atoms with van der Waals surface area (Å²) in [7, 11) is 0.435. The van der Waals surface area contributed by atoms with Gasteiger partial charge in [-0.2, -0.15) is 22.1 Å². The van der Waals surface area contributed by atoms with Crippen molar-refractivity contribution in [3.8, 4) is 0 Å². The molecule has 2 fully saturated rings. The summed E-state index contributed by atoms with van der Waals surface area (Å²) >= 11 is 0. The van der Waals surface area contributed by atoms with Crippen LogP contribution in [0.3, 0.4) is 0 Å². The Hall–Kier alpha value is -1.49. The van der Waals surface area contributed by atoms with E-state index in [-0.39, 0.29) is 5.91 Å². The van der Waals surface area contributed by atoms with Gasteiger partial charge in [0.1, 0.15) is 0 Å². The third-order valence-corrected chi connectivity index (χ3v) is 7.53. The number of hydrogen-bond acceptors (Lipinski definition) is 5. The molecule has 0 bridgehead atoms. The molecule has 0 saturated carbocycles. The summed E-state index contributed by atoms with van der Waals surface area (Å²) in [4.78, 5) is 14.4. The summed E-state index contributed by atoms with van der Waals surface area (Å²) in [5.41, 5.74) is 1.30. The molecular formula is C17H30N6O3S. The van der Waals surface area contributed by atoms with E-state index in [0.717, 1.165) is 25.9 Å². The highest BCUT2D eigenvalue weighted by Crippen LogP contribution is 2.22. The van der Waals surface area contributed by atoms with Crippen LogP contribution in [0.1, 0.15) is 28.9 Å². The summed E-state index contributed by atoms with van der Waals surface area (Å²) in [6.45, 7) is 6.07. The number of carbonyl (C=O) groups excluding carboxylic acids is 1. The second kappa shape index (κ2) is 8.26. The molecule has 2 aliphatic rings. The topological polar surface area (TPSA) is 90.8 Å². The van der Waals surface area contributed by atoms with Crippen molar-refractivity contribution in [2.24, 2.45) is 13.0 Å². The van der Waals surface area contributed by atoms with Gasteiger partial charge in [-0.25, -0.2) is 0 Å². The Kier molecular flexibility index (Phi) is 6.19. The largest absolute Gasteiger partial charge is 0.352 e. The fourth-order valence-corrected chi connectivity index (χ4v) is 5.30. The summed E-state index contributed by atoms with van der Waals surface area (Å²) in [5.74, 6) is 0.179. The molecule has 152 valence electrons. The van der Waals surface area contributed by atoms with E-state index < -0.39 is 10.2 Å². The number of nitrogens with zero attached hydrogens (tertiary/aromatic N) is 5. The van der Waals surface area contributed by atoms with Crippen molar-refractivity contribution in [2.45, 2.75) is 19.8 Å². The highest BCUT2D eigenvalue weighted by molar-refractivity contribution is 7.86. The van der Waals surface area contributed by atoms with Crippen molar-refractivity contribution in [3.63, 3.8) is 0 Å². The number of piperazine rings is 1. The molecule has 0 aromatic carbocycles. The number of rotatable bonds is 5. The second-order valence-electron chi connectivity index (χ2n) is 7.56. The number of hydrogen-bond donors (Lipinski definition) is 1. The minimum absolute atomic E-state index is 0.118. The molecular weight excluding hydrogens is 368 g/mol. The lowest BCUT2D eigenvalue weighted by Gasteiger charge is -2.38. The van der Waals surface area contributed by atoms with Gasteiger partial charge in [0.25, 0.3) is 16.1 Å². The Morgan fingerprint density at radius 2 is 1.70 bits per heavy atom. The van der Waals surface area contributed by atoms with E-state index in [1.165, 1.54) is 0 Å². The molecule has 0 unspecified atom stereocenters. The summed E-state index contributed by atoms with van der Waals surface area (Å²) in [6, 6.07) is 0. The fraction of sp³-hybridized carbons (Fsp3) is 0.765. The van der Waals surface area contributed by atoms with Gasteiger partial charge in [0.05, 0.1) is 11.3 Å². The quantitative estimate of drug-likeness (QED) is 0.733. The van der Waals surface area contributed by atoms with Crippen molar-refractivity contribution in [3.05, 3.63) is 17.5 Å². The van der Waals surface area contributed by atoms with Crippen molar-refractivity contribution < 1.29 is 13.2 Å². The van der Waals surface area contributed by atoms with E-state index >= 15 is 0 Å². The number of amides is 1. The van der Waals surface area contributed by atoms with Gasteiger partial charge < -0.3 is 10.2 Å². The summed E-state index contributed by atoms with van der Waals surface area (Å²) in [5, 5.41) is 7.16. The van der Waals surface area contributed by atoms with Crippen LogP contribution < -0.4 is 5.32 Å². The first-order valence-corrected chi connectivity index (χ1v) is 10.9. The first-order chi connectivity index (χ1) is 12.8. The van der Waals surface area contributed by atoms with E-state index in [4.69, 9.17) is 0 Å². The summed E-state index contributed by atoms with van der Waals surface area (Å²) in [6.07, 6.45) is 3.24. The third kappa shape index (κ3) is 4.68. The number of aryl methyl sites for hydroxylation is 2. The number of nitrogens with one attached hydrogen (secondary N) is 1. The Labute approximate surface area is 161 Å². The Bertz CT molecular complexity index is 762. The van der Waals surface area contributed by atoms with Crippen LogP contribution in [0.4, 0.5) is 0 Å². The van der Waals surface area contributed by atoms with Crippen LogP contribution in [0.25, 0.3) is 0 Å². The maximum absolute atomic E-state index is 12.8. The number of likely N-dealkylation sites (N-methyl/N-ethyl adjacent to an activating group) is 1. The SMILES string of the molecule is Cc1nn(C)cc1C(=O)NCC1CCN(S(=O)(=O)N2CCN(C)CC2)CC1. The van der Waals surface area contributed by atoms with Gasteiger partial charge in [-0.15, -0.1) is 0 Å². The van der Waals surface area contributed by atoms with Crippen LogP contribution in [-0.2, 0) is 17.3 Å². The van der Waals surface area contributed by atoms with Crippen LogP contribution in [-0.4, -0.2) is 90.5 Å². The molecule has 3 heterocycles. The minimum Gasteiger partial charge on any atom is -0.352 e. The zero-order valence-corrected chi connectivity index (χ0v) is 17.2. The fourth-order valence-electron chi connectivity index (χ4n) is 3.68. The average molecular weight is 399 g/mol. The molecule has 0 spiro atoms. The van der Waals surface area contributed by atoms with E-state index in [0.29, 0.717) is 49.9 Å². The van der Waals surface area contributed by atoms with E-state index in [1.54, 1.807) is 26.5 Å². The lowest BCUT2D eigenvalue weighted by Crippen LogP contribution is -2.53. The predicted molar refractivity (Wildman–Crippen MR) is 103 cm³/mol. The lowest BCUT2D eigenvalue weighted by atomic mass is 9.98. The molecule has 10 heteroatoms. The van der Waals surface area contributed by atoms with E-state index in [9.17, 15) is 13.2 Å². The first-order valence-electron chi connectivity index (χ1n) is 9.49. The normalized spacial score (nSPS) is 21.4. The van der Waals surface area contributed by atoms with Crippen LogP contribution in [0.15, 0.2) is 6.20 Å². The number of piperidine rings is 1. The van der Waals surface area contributed by atoms with Gasteiger partial charge in [-0.05, 0) is 32.7 Å². The maximum atomic E-state index is 12.8. The molecule has 1 aromatic rings. The van der Waals surface area contributed by atoms with Crippen LogP contribution >= 0.6 is 0 Å². The monoisotopic (exact) mass is 398 g/mol.